The number of anilines is 1. The van der Waals surface area contributed by atoms with Gasteiger partial charge in [-0.3, -0.25) is 4.79 Å². The molecule has 0 heterocycles. The second-order valence-electron chi connectivity index (χ2n) is 3.41. The fraction of sp³-hybridized carbons (Fsp3) is 0.364. The molecular weight excluding hydrogens is 214 g/mol. The fourth-order valence-corrected chi connectivity index (χ4v) is 1.42. The second kappa shape index (κ2) is 5.61. The standard InChI is InChI=1S/C11H14ClNO2/c1-8-4-5-9(12)10(7-8)13-6-2-3-11(14)15/h4-5,7,13H,2-3,6H2,1H3,(H,14,15). The molecule has 0 amide bonds. The van der Waals surface area contributed by atoms with Crippen molar-refractivity contribution in [3.63, 3.8) is 0 Å². The van der Waals surface area contributed by atoms with Gasteiger partial charge >= 0.3 is 5.97 Å². The molecule has 15 heavy (non-hydrogen) atoms. The third-order valence-electron chi connectivity index (χ3n) is 2.00. The van der Waals surface area contributed by atoms with E-state index in [0.717, 1.165) is 11.3 Å². The first kappa shape index (κ1) is 11.9. The van der Waals surface area contributed by atoms with E-state index in [0.29, 0.717) is 18.0 Å². The average Bonchev–Trinajstić information content (AvgIpc) is 2.17. The van der Waals surface area contributed by atoms with E-state index in [4.69, 9.17) is 16.7 Å². The van der Waals surface area contributed by atoms with Gasteiger partial charge in [-0.1, -0.05) is 17.7 Å². The van der Waals surface area contributed by atoms with E-state index < -0.39 is 5.97 Å². The first-order chi connectivity index (χ1) is 7.09. The molecule has 0 aromatic heterocycles. The minimum atomic E-state index is -0.771. The number of aryl methyl sites for hydroxylation is 1. The molecule has 0 radical (unpaired) electrons. The van der Waals surface area contributed by atoms with Gasteiger partial charge in [0, 0.05) is 13.0 Å². The topological polar surface area (TPSA) is 49.3 Å². The van der Waals surface area contributed by atoms with Crippen molar-refractivity contribution in [3.8, 4) is 0 Å². The minimum absolute atomic E-state index is 0.177. The highest BCUT2D eigenvalue weighted by atomic mass is 35.5. The van der Waals surface area contributed by atoms with Gasteiger partial charge in [0.2, 0.25) is 0 Å². The van der Waals surface area contributed by atoms with Crippen LogP contribution < -0.4 is 5.32 Å². The number of benzene rings is 1. The van der Waals surface area contributed by atoms with Crippen LogP contribution in [-0.2, 0) is 4.79 Å². The summed E-state index contributed by atoms with van der Waals surface area (Å²) in [6, 6.07) is 5.71. The Morgan fingerprint density at radius 1 is 1.53 bits per heavy atom. The van der Waals surface area contributed by atoms with Gasteiger partial charge in [0.05, 0.1) is 10.7 Å². The Morgan fingerprint density at radius 3 is 2.93 bits per heavy atom. The Bertz CT molecular complexity index is 352. The maximum atomic E-state index is 10.3. The monoisotopic (exact) mass is 227 g/mol. The number of carboxylic acid groups (broad SMARTS) is 1. The lowest BCUT2D eigenvalue weighted by Crippen LogP contribution is -2.05. The number of rotatable bonds is 5. The molecule has 0 fully saturated rings. The minimum Gasteiger partial charge on any atom is -0.481 e. The van der Waals surface area contributed by atoms with E-state index in [2.05, 4.69) is 5.32 Å². The van der Waals surface area contributed by atoms with Gasteiger partial charge in [-0.15, -0.1) is 0 Å². The van der Waals surface area contributed by atoms with Gasteiger partial charge in [0.15, 0.2) is 0 Å². The molecule has 0 saturated heterocycles. The van der Waals surface area contributed by atoms with E-state index >= 15 is 0 Å². The summed E-state index contributed by atoms with van der Waals surface area (Å²) in [5.41, 5.74) is 1.99. The third kappa shape index (κ3) is 4.21. The molecule has 3 nitrogen and oxygen atoms in total. The van der Waals surface area contributed by atoms with Crippen LogP contribution in [-0.4, -0.2) is 17.6 Å². The molecule has 2 N–H and O–H groups in total. The van der Waals surface area contributed by atoms with Crippen molar-refractivity contribution in [1.29, 1.82) is 0 Å². The largest absolute Gasteiger partial charge is 0.481 e. The quantitative estimate of drug-likeness (QED) is 0.761. The molecule has 0 atom stereocenters. The van der Waals surface area contributed by atoms with Crippen LogP contribution >= 0.6 is 11.6 Å². The molecule has 0 saturated carbocycles. The van der Waals surface area contributed by atoms with Crippen molar-refractivity contribution in [2.75, 3.05) is 11.9 Å². The van der Waals surface area contributed by atoms with E-state index in [9.17, 15) is 4.79 Å². The third-order valence-corrected chi connectivity index (χ3v) is 2.33. The highest BCUT2D eigenvalue weighted by Crippen LogP contribution is 2.22. The molecule has 1 aromatic rings. The SMILES string of the molecule is Cc1ccc(Cl)c(NCCCC(=O)O)c1. The maximum Gasteiger partial charge on any atom is 0.303 e. The molecule has 1 rings (SSSR count). The van der Waals surface area contributed by atoms with Gasteiger partial charge in [0.25, 0.3) is 0 Å². The number of halogens is 1. The summed E-state index contributed by atoms with van der Waals surface area (Å²) in [4.78, 5) is 10.3. The first-order valence-electron chi connectivity index (χ1n) is 4.81. The van der Waals surface area contributed by atoms with Crippen molar-refractivity contribution in [1.82, 2.24) is 0 Å². The number of hydrogen-bond donors (Lipinski definition) is 2. The summed E-state index contributed by atoms with van der Waals surface area (Å²) in [5.74, 6) is -0.771. The Labute approximate surface area is 94.1 Å². The van der Waals surface area contributed by atoms with Gasteiger partial charge in [-0.25, -0.2) is 0 Å². The summed E-state index contributed by atoms with van der Waals surface area (Å²) in [6.07, 6.45) is 0.774. The van der Waals surface area contributed by atoms with Crippen molar-refractivity contribution in [2.24, 2.45) is 0 Å². The van der Waals surface area contributed by atoms with Gasteiger partial charge in [-0.2, -0.15) is 0 Å². The van der Waals surface area contributed by atoms with E-state index in [1.807, 2.05) is 25.1 Å². The normalized spacial score (nSPS) is 10.0. The van der Waals surface area contributed by atoms with Crippen LogP contribution in [0.3, 0.4) is 0 Å². The molecule has 0 aliphatic carbocycles. The molecule has 82 valence electrons. The maximum absolute atomic E-state index is 10.3. The van der Waals surface area contributed by atoms with Crippen LogP contribution in [0.5, 0.6) is 0 Å². The second-order valence-corrected chi connectivity index (χ2v) is 3.81. The van der Waals surface area contributed by atoms with Crippen LogP contribution in [0.4, 0.5) is 5.69 Å². The Hall–Kier alpha value is -1.22. The highest BCUT2D eigenvalue weighted by molar-refractivity contribution is 6.33. The zero-order valence-electron chi connectivity index (χ0n) is 8.59. The number of carbonyl (C=O) groups is 1. The molecule has 0 aliphatic heterocycles. The molecular formula is C11H14ClNO2. The predicted octanol–water partition coefficient (Wildman–Crippen LogP) is 2.93. The summed E-state index contributed by atoms with van der Waals surface area (Å²) >= 11 is 5.96. The molecule has 1 aromatic carbocycles. The van der Waals surface area contributed by atoms with Crippen LogP contribution in [0.1, 0.15) is 18.4 Å². The Balaban J connectivity index is 2.43. The van der Waals surface area contributed by atoms with Crippen LogP contribution in [0, 0.1) is 6.92 Å². The van der Waals surface area contributed by atoms with Gasteiger partial charge in [-0.05, 0) is 31.0 Å². The summed E-state index contributed by atoms with van der Waals surface area (Å²) in [7, 11) is 0. The number of aliphatic carboxylic acids is 1. The molecule has 0 spiro atoms. The molecule has 0 aliphatic rings. The molecule has 0 unspecified atom stereocenters. The summed E-state index contributed by atoms with van der Waals surface area (Å²) < 4.78 is 0. The van der Waals surface area contributed by atoms with E-state index in [1.165, 1.54) is 0 Å². The van der Waals surface area contributed by atoms with E-state index in [1.54, 1.807) is 0 Å². The lowest BCUT2D eigenvalue weighted by molar-refractivity contribution is -0.137. The van der Waals surface area contributed by atoms with Gasteiger partial charge in [0.1, 0.15) is 0 Å². The highest BCUT2D eigenvalue weighted by Gasteiger charge is 2.00. The summed E-state index contributed by atoms with van der Waals surface area (Å²) in [5, 5.41) is 12.2. The van der Waals surface area contributed by atoms with Crippen LogP contribution in [0.15, 0.2) is 18.2 Å². The lowest BCUT2D eigenvalue weighted by atomic mass is 10.2. The number of hydrogen-bond acceptors (Lipinski definition) is 2. The van der Waals surface area contributed by atoms with Crippen molar-refractivity contribution in [3.05, 3.63) is 28.8 Å². The first-order valence-corrected chi connectivity index (χ1v) is 5.19. The number of carboxylic acids is 1. The van der Waals surface area contributed by atoms with Crippen molar-refractivity contribution >= 4 is 23.3 Å². The van der Waals surface area contributed by atoms with Crippen LogP contribution in [0.2, 0.25) is 5.02 Å². The molecule has 4 heteroatoms. The number of nitrogens with one attached hydrogen (secondary N) is 1. The molecule has 0 bridgehead atoms. The fourth-order valence-electron chi connectivity index (χ4n) is 1.24. The van der Waals surface area contributed by atoms with Crippen molar-refractivity contribution in [2.45, 2.75) is 19.8 Å². The zero-order valence-corrected chi connectivity index (χ0v) is 9.34. The Morgan fingerprint density at radius 2 is 2.27 bits per heavy atom. The average molecular weight is 228 g/mol. The smallest absolute Gasteiger partial charge is 0.303 e. The zero-order chi connectivity index (χ0) is 11.3. The van der Waals surface area contributed by atoms with Crippen LogP contribution in [0.25, 0.3) is 0 Å². The van der Waals surface area contributed by atoms with Gasteiger partial charge < -0.3 is 10.4 Å². The Kier molecular flexibility index (Phi) is 4.43. The van der Waals surface area contributed by atoms with Crippen molar-refractivity contribution < 1.29 is 9.90 Å². The lowest BCUT2D eigenvalue weighted by Gasteiger charge is -2.08. The van der Waals surface area contributed by atoms with E-state index in [-0.39, 0.29) is 6.42 Å². The summed E-state index contributed by atoms with van der Waals surface area (Å²) in [6.45, 7) is 2.61. The predicted molar refractivity (Wildman–Crippen MR) is 61.5 cm³/mol.